The first-order chi connectivity index (χ1) is 11.0. The fourth-order valence-electron chi connectivity index (χ4n) is 2.15. The predicted octanol–water partition coefficient (Wildman–Crippen LogP) is 1.38. The molecule has 0 spiro atoms. The van der Waals surface area contributed by atoms with Gasteiger partial charge in [0.05, 0.1) is 30.4 Å². The number of ether oxygens (including phenoxy) is 2. The molecule has 1 amide bonds. The molecule has 7 nitrogen and oxygen atoms in total. The number of nitrogens with one attached hydrogen (secondary N) is 1. The van der Waals surface area contributed by atoms with Crippen LogP contribution in [0.3, 0.4) is 0 Å². The molecule has 1 atom stereocenters. The number of carboxylic acids is 1. The van der Waals surface area contributed by atoms with Crippen LogP contribution in [0.5, 0.6) is 5.75 Å². The zero-order chi connectivity index (χ0) is 17.0. The molecule has 7 heteroatoms. The summed E-state index contributed by atoms with van der Waals surface area (Å²) in [5.41, 5.74) is 1.66. The number of hydrogen-bond acceptors (Lipinski definition) is 5. The number of rotatable bonds is 6. The highest BCUT2D eigenvalue weighted by Gasteiger charge is 2.19. The van der Waals surface area contributed by atoms with Gasteiger partial charge in [0.1, 0.15) is 5.75 Å². The van der Waals surface area contributed by atoms with Crippen LogP contribution in [0.1, 0.15) is 16.1 Å². The van der Waals surface area contributed by atoms with Crippen LogP contribution in [0.15, 0.2) is 24.3 Å². The third-order valence-electron chi connectivity index (χ3n) is 3.47. The van der Waals surface area contributed by atoms with Gasteiger partial charge in [-0.3, -0.25) is 9.78 Å². The van der Waals surface area contributed by atoms with Gasteiger partial charge >= 0.3 is 5.97 Å². The van der Waals surface area contributed by atoms with Crippen LogP contribution >= 0.6 is 0 Å². The third-order valence-corrected chi connectivity index (χ3v) is 3.47. The summed E-state index contributed by atoms with van der Waals surface area (Å²) in [6, 6.07) is 7.10. The number of carboxylic acid groups (broad SMARTS) is 1. The molecule has 122 valence electrons. The van der Waals surface area contributed by atoms with Crippen molar-refractivity contribution >= 4 is 22.8 Å². The van der Waals surface area contributed by atoms with Crippen molar-refractivity contribution in [3.63, 3.8) is 0 Å². The maximum absolute atomic E-state index is 12.3. The number of carbonyl (C=O) groups is 2. The van der Waals surface area contributed by atoms with Crippen molar-refractivity contribution in [1.82, 2.24) is 10.3 Å². The monoisotopic (exact) mass is 318 g/mol. The Bertz CT molecular complexity index is 745. The summed E-state index contributed by atoms with van der Waals surface area (Å²) in [5.74, 6) is -0.838. The molecule has 1 unspecified atom stereocenters. The fourth-order valence-corrected chi connectivity index (χ4v) is 2.15. The molecule has 1 heterocycles. The number of pyridine rings is 1. The van der Waals surface area contributed by atoms with Gasteiger partial charge < -0.3 is 19.9 Å². The fraction of sp³-hybridized carbons (Fsp3) is 0.312. The number of aromatic nitrogens is 1. The Labute approximate surface area is 133 Å². The lowest BCUT2D eigenvalue weighted by Gasteiger charge is -2.13. The molecule has 0 aliphatic rings. The van der Waals surface area contributed by atoms with E-state index in [4.69, 9.17) is 14.6 Å². The molecule has 0 saturated heterocycles. The molecule has 2 aromatic rings. The summed E-state index contributed by atoms with van der Waals surface area (Å²) < 4.78 is 9.93. The number of aryl methyl sites for hydroxylation is 1. The second kappa shape index (κ2) is 7.06. The maximum Gasteiger partial charge on any atom is 0.334 e. The molecule has 0 radical (unpaired) electrons. The minimum Gasteiger partial charge on any atom is -0.497 e. The highest BCUT2D eigenvalue weighted by molar-refractivity contribution is 5.99. The molecule has 1 aromatic carbocycles. The number of amides is 1. The van der Waals surface area contributed by atoms with Crippen LogP contribution in [-0.2, 0) is 9.53 Å². The maximum atomic E-state index is 12.3. The Morgan fingerprint density at radius 1 is 1.30 bits per heavy atom. The molecule has 0 saturated carbocycles. The molecule has 0 bridgehead atoms. The molecule has 0 fully saturated rings. The molecule has 0 aliphatic heterocycles. The van der Waals surface area contributed by atoms with E-state index in [0.717, 1.165) is 10.9 Å². The first kappa shape index (κ1) is 16.7. The quantitative estimate of drug-likeness (QED) is 0.835. The van der Waals surface area contributed by atoms with Crippen LogP contribution in [0.25, 0.3) is 10.9 Å². The van der Waals surface area contributed by atoms with Crippen LogP contribution in [0, 0.1) is 6.92 Å². The lowest BCUT2D eigenvalue weighted by molar-refractivity contribution is -0.148. The SMILES string of the molecule is COc1ccc2cc(C(=O)NCC(OC)C(=O)O)c(C)nc2c1. The second-order valence-electron chi connectivity index (χ2n) is 4.95. The number of aliphatic carboxylic acids is 1. The molecule has 1 aromatic heterocycles. The summed E-state index contributed by atoms with van der Waals surface area (Å²) in [4.78, 5) is 27.5. The lowest BCUT2D eigenvalue weighted by atomic mass is 10.1. The van der Waals surface area contributed by atoms with Gasteiger partial charge in [0.15, 0.2) is 6.10 Å². The molecule has 0 aliphatic carbocycles. The van der Waals surface area contributed by atoms with Crippen molar-refractivity contribution in [2.45, 2.75) is 13.0 Å². The van der Waals surface area contributed by atoms with Gasteiger partial charge in [0.2, 0.25) is 0 Å². The van der Waals surface area contributed by atoms with E-state index in [9.17, 15) is 9.59 Å². The minimum atomic E-state index is -1.13. The Hall–Kier alpha value is -2.67. The van der Waals surface area contributed by atoms with E-state index >= 15 is 0 Å². The van der Waals surface area contributed by atoms with Gasteiger partial charge in [-0.1, -0.05) is 0 Å². The zero-order valence-electron chi connectivity index (χ0n) is 13.1. The number of methoxy groups -OCH3 is 2. The van der Waals surface area contributed by atoms with E-state index < -0.39 is 18.0 Å². The lowest BCUT2D eigenvalue weighted by Crippen LogP contribution is -2.38. The summed E-state index contributed by atoms with van der Waals surface area (Å²) in [5, 5.41) is 12.2. The van der Waals surface area contributed by atoms with E-state index in [1.54, 1.807) is 32.2 Å². The van der Waals surface area contributed by atoms with E-state index in [1.165, 1.54) is 7.11 Å². The summed E-state index contributed by atoms with van der Waals surface area (Å²) in [6.07, 6.45) is -1.09. The van der Waals surface area contributed by atoms with Gasteiger partial charge in [-0.15, -0.1) is 0 Å². The van der Waals surface area contributed by atoms with Crippen molar-refractivity contribution in [2.75, 3.05) is 20.8 Å². The summed E-state index contributed by atoms with van der Waals surface area (Å²) in [7, 11) is 2.85. The van der Waals surface area contributed by atoms with Gasteiger partial charge in [-0.2, -0.15) is 0 Å². The van der Waals surface area contributed by atoms with Crippen molar-refractivity contribution in [1.29, 1.82) is 0 Å². The smallest absolute Gasteiger partial charge is 0.334 e. The van der Waals surface area contributed by atoms with Gasteiger partial charge in [-0.25, -0.2) is 4.79 Å². The van der Waals surface area contributed by atoms with Gasteiger partial charge in [0.25, 0.3) is 5.91 Å². The van der Waals surface area contributed by atoms with E-state index in [-0.39, 0.29) is 6.54 Å². The highest BCUT2D eigenvalue weighted by Crippen LogP contribution is 2.21. The molecule has 2 N–H and O–H groups in total. The highest BCUT2D eigenvalue weighted by atomic mass is 16.5. The second-order valence-corrected chi connectivity index (χ2v) is 4.95. The molecular formula is C16H18N2O5. The number of hydrogen-bond donors (Lipinski definition) is 2. The Morgan fingerprint density at radius 2 is 2.04 bits per heavy atom. The Morgan fingerprint density at radius 3 is 2.65 bits per heavy atom. The minimum absolute atomic E-state index is 0.120. The standard InChI is InChI=1S/C16H18N2O5/c1-9-12(15(19)17-8-14(23-3)16(20)21)6-10-4-5-11(22-2)7-13(10)18-9/h4-7,14H,8H2,1-3H3,(H,17,19)(H,20,21). The van der Waals surface area contributed by atoms with E-state index in [2.05, 4.69) is 10.3 Å². The van der Waals surface area contributed by atoms with Crippen molar-refractivity contribution in [2.24, 2.45) is 0 Å². The van der Waals surface area contributed by atoms with Gasteiger partial charge in [0, 0.05) is 18.6 Å². The van der Waals surface area contributed by atoms with Crippen LogP contribution in [0.4, 0.5) is 0 Å². The molecule has 2 rings (SSSR count). The number of fused-ring (bicyclic) bond motifs is 1. The van der Waals surface area contributed by atoms with Crippen molar-refractivity contribution in [3.8, 4) is 5.75 Å². The van der Waals surface area contributed by atoms with Crippen LogP contribution < -0.4 is 10.1 Å². The first-order valence-corrected chi connectivity index (χ1v) is 6.95. The summed E-state index contributed by atoms with van der Waals surface area (Å²) in [6.45, 7) is 1.60. The summed E-state index contributed by atoms with van der Waals surface area (Å²) >= 11 is 0. The first-order valence-electron chi connectivity index (χ1n) is 6.95. The number of benzene rings is 1. The van der Waals surface area contributed by atoms with E-state index in [0.29, 0.717) is 17.0 Å². The number of carbonyl (C=O) groups excluding carboxylic acids is 1. The molecular weight excluding hydrogens is 300 g/mol. The van der Waals surface area contributed by atoms with Crippen LogP contribution in [0.2, 0.25) is 0 Å². The van der Waals surface area contributed by atoms with Gasteiger partial charge in [-0.05, 0) is 25.1 Å². The van der Waals surface area contributed by atoms with Crippen molar-refractivity contribution < 1.29 is 24.2 Å². The molecule has 23 heavy (non-hydrogen) atoms. The topological polar surface area (TPSA) is 97.8 Å². The van der Waals surface area contributed by atoms with E-state index in [1.807, 2.05) is 6.07 Å². The zero-order valence-corrected chi connectivity index (χ0v) is 13.1. The largest absolute Gasteiger partial charge is 0.497 e. The Balaban J connectivity index is 2.23. The Kier molecular flexibility index (Phi) is 5.13. The number of nitrogens with zero attached hydrogens (tertiary/aromatic N) is 1. The normalized spacial score (nSPS) is 12.0. The van der Waals surface area contributed by atoms with Crippen LogP contribution in [-0.4, -0.2) is 48.8 Å². The third kappa shape index (κ3) is 3.75. The van der Waals surface area contributed by atoms with Crippen molar-refractivity contribution in [3.05, 3.63) is 35.5 Å². The predicted molar refractivity (Wildman–Crippen MR) is 83.8 cm³/mol. The average molecular weight is 318 g/mol. The average Bonchev–Trinajstić information content (AvgIpc) is 2.53.